The number of nitrogens with zero attached hydrogens (tertiary/aromatic N) is 6. The summed E-state index contributed by atoms with van der Waals surface area (Å²) in [6, 6.07) is 3.28. The Labute approximate surface area is 260 Å². The van der Waals surface area contributed by atoms with Gasteiger partial charge in [0.15, 0.2) is 12.5 Å². The van der Waals surface area contributed by atoms with E-state index in [4.69, 9.17) is 42.4 Å². The van der Waals surface area contributed by atoms with Gasteiger partial charge in [-0.15, -0.1) is 0 Å². The van der Waals surface area contributed by atoms with Crippen LogP contribution in [-0.2, 0) is 19.0 Å². The molecule has 0 amide bonds. The van der Waals surface area contributed by atoms with Crippen LogP contribution in [-0.4, -0.2) is 113 Å². The maximum absolute atomic E-state index is 10.6. The number of nitrogens with two attached hydrogens (primary N) is 4. The number of aliphatic hydroxyl groups excluding tert-OH is 4. The van der Waals surface area contributed by atoms with Crippen molar-refractivity contribution in [2.45, 2.75) is 62.1 Å². The molecule has 2 saturated heterocycles. The van der Waals surface area contributed by atoms with Crippen LogP contribution in [0.1, 0.15) is 26.3 Å². The van der Waals surface area contributed by atoms with E-state index in [-0.39, 0.29) is 23.5 Å². The number of hydrogen-bond acceptors (Lipinski definition) is 19. The summed E-state index contributed by atoms with van der Waals surface area (Å²) in [5, 5.41) is 60.4. The van der Waals surface area contributed by atoms with E-state index < -0.39 is 69.6 Å². The molecular weight excluding hydrogens is 635 g/mol. The van der Waals surface area contributed by atoms with E-state index in [1.54, 1.807) is 18.3 Å². The topological polar surface area (TPSA) is 344 Å². The standard InChI is InChI=1S/C12H18N5O7P.C12H17N5O4/c1-12(20)6(19)9(23-24-25(21)4-18)22-10(12)17-3-2-5-7(13)15-11(14)16-8(5)17;1-12(20)7(19)6(4-18)21-10(12)17-3-2-5-8(13)15-11(14)16-9(5)17/h2-3,6,9-10,18-21H,4H2,1H3,(H4,13,14,15,16);2-3,6-7,10,18-20H,4H2,1H3,(H4,13,14,15,16)/t6?,9-,10-,12-,25?;6-,7?,10-,12-/m11/s1. The van der Waals surface area contributed by atoms with Crippen LogP contribution in [0.3, 0.4) is 0 Å². The molecule has 9 atom stereocenters. The lowest BCUT2D eigenvalue weighted by Gasteiger charge is -2.27. The lowest BCUT2D eigenvalue weighted by Crippen LogP contribution is -2.44. The van der Waals surface area contributed by atoms with Crippen molar-refractivity contribution in [3.8, 4) is 0 Å². The highest BCUT2D eigenvalue weighted by Gasteiger charge is 2.55. The van der Waals surface area contributed by atoms with Crippen molar-refractivity contribution in [3.05, 3.63) is 24.5 Å². The Morgan fingerprint density at radius 3 is 1.76 bits per heavy atom. The van der Waals surface area contributed by atoms with Gasteiger partial charge in [0.1, 0.15) is 58.8 Å². The Morgan fingerprint density at radius 1 is 0.826 bits per heavy atom. The SMILES string of the molecule is C[C@@]1(O)C(O)[C@@H](CO)O[C@H]1n1ccc2c(N)nc(N)nc21.C[C@@]1(O)C(O)[C@@H](OOP(O)CO)O[C@H]1n1ccc2c(N)nc(N)nc21. The minimum absolute atomic E-state index is 0.00292. The highest BCUT2D eigenvalue weighted by Crippen LogP contribution is 2.43. The molecule has 21 nitrogen and oxygen atoms in total. The molecule has 0 bridgehead atoms. The molecule has 3 unspecified atom stereocenters. The Hall–Kier alpha value is -3.57. The number of anilines is 4. The molecule has 4 aromatic rings. The smallest absolute Gasteiger partial charge is 0.232 e. The first-order chi connectivity index (χ1) is 21.6. The summed E-state index contributed by atoms with van der Waals surface area (Å²) in [6.07, 6.45) is -4.63. The zero-order valence-electron chi connectivity index (χ0n) is 24.4. The first-order valence-electron chi connectivity index (χ1n) is 13.5. The van der Waals surface area contributed by atoms with Crippen molar-refractivity contribution in [2.24, 2.45) is 0 Å². The van der Waals surface area contributed by atoms with E-state index >= 15 is 0 Å². The summed E-state index contributed by atoms with van der Waals surface area (Å²) in [7, 11) is -2.24. The fraction of sp³-hybridized carbons (Fsp3) is 0.500. The van der Waals surface area contributed by atoms with Gasteiger partial charge in [0.25, 0.3) is 0 Å². The van der Waals surface area contributed by atoms with Gasteiger partial charge in [-0.3, -0.25) is 0 Å². The number of fused-ring (bicyclic) bond motifs is 2. The predicted molar refractivity (Wildman–Crippen MR) is 159 cm³/mol. The molecule has 22 heteroatoms. The number of aliphatic hydroxyl groups is 6. The minimum atomic E-state index is -2.24. The van der Waals surface area contributed by atoms with Crippen LogP contribution in [0.4, 0.5) is 23.5 Å². The Bertz CT molecular complexity index is 1700. The van der Waals surface area contributed by atoms with Gasteiger partial charge in [-0.1, -0.05) is 0 Å². The molecule has 15 N–H and O–H groups in total. The molecule has 2 aliphatic heterocycles. The van der Waals surface area contributed by atoms with E-state index in [1.165, 1.54) is 29.2 Å². The molecule has 6 rings (SSSR count). The van der Waals surface area contributed by atoms with Crippen LogP contribution in [0.5, 0.6) is 0 Å². The maximum Gasteiger partial charge on any atom is 0.232 e. The predicted octanol–water partition coefficient (Wildman–Crippen LogP) is -2.64. The molecule has 0 spiro atoms. The highest BCUT2D eigenvalue weighted by atomic mass is 31.2. The monoisotopic (exact) mass is 670 g/mol. The molecule has 4 aromatic heterocycles. The first-order valence-corrected chi connectivity index (χ1v) is 14.9. The Kier molecular flexibility index (Phi) is 9.22. The zero-order valence-corrected chi connectivity index (χ0v) is 25.3. The molecule has 46 heavy (non-hydrogen) atoms. The molecule has 0 radical (unpaired) electrons. The van der Waals surface area contributed by atoms with Crippen LogP contribution in [0.15, 0.2) is 24.5 Å². The van der Waals surface area contributed by atoms with Gasteiger partial charge in [-0.25, -0.2) is 0 Å². The molecular formula is C24H35N10O11P. The van der Waals surface area contributed by atoms with Crippen molar-refractivity contribution >= 4 is 54.0 Å². The van der Waals surface area contributed by atoms with Crippen molar-refractivity contribution in [3.63, 3.8) is 0 Å². The largest absolute Gasteiger partial charge is 0.394 e. The van der Waals surface area contributed by atoms with Crippen molar-refractivity contribution in [2.75, 3.05) is 35.9 Å². The maximum atomic E-state index is 10.6. The Balaban J connectivity index is 0.000000184. The van der Waals surface area contributed by atoms with Gasteiger partial charge < -0.3 is 77.1 Å². The molecule has 2 fully saturated rings. The van der Waals surface area contributed by atoms with Crippen LogP contribution in [0.25, 0.3) is 22.1 Å². The first kappa shape index (κ1) is 33.8. The lowest BCUT2D eigenvalue weighted by molar-refractivity contribution is -0.332. The summed E-state index contributed by atoms with van der Waals surface area (Å²) < 4.78 is 18.5. The number of hydrogen-bond donors (Lipinski definition) is 11. The molecule has 0 saturated carbocycles. The molecule has 0 aliphatic carbocycles. The Morgan fingerprint density at radius 2 is 1.30 bits per heavy atom. The van der Waals surface area contributed by atoms with Crippen LogP contribution in [0.2, 0.25) is 0 Å². The van der Waals surface area contributed by atoms with Crippen LogP contribution < -0.4 is 22.9 Å². The second kappa shape index (κ2) is 12.6. The van der Waals surface area contributed by atoms with Crippen molar-refractivity contribution < 1.29 is 54.6 Å². The van der Waals surface area contributed by atoms with Gasteiger partial charge in [0.05, 0.1) is 17.4 Å². The fourth-order valence-corrected chi connectivity index (χ4v) is 5.45. The van der Waals surface area contributed by atoms with E-state index in [9.17, 15) is 30.4 Å². The average Bonchev–Trinajstić information content (AvgIpc) is 3.71. The molecule has 6 heterocycles. The van der Waals surface area contributed by atoms with Crippen LogP contribution in [0, 0.1) is 0 Å². The highest BCUT2D eigenvalue weighted by molar-refractivity contribution is 7.45. The lowest BCUT2D eigenvalue weighted by atomic mass is 9.96. The quantitative estimate of drug-likeness (QED) is 0.0543. The zero-order chi connectivity index (χ0) is 33.7. The summed E-state index contributed by atoms with van der Waals surface area (Å²) in [5.74, 6) is 0.308. The van der Waals surface area contributed by atoms with Gasteiger partial charge in [-0.05, 0) is 26.0 Å². The number of aromatic nitrogens is 6. The van der Waals surface area contributed by atoms with E-state index in [1.807, 2.05) is 0 Å². The van der Waals surface area contributed by atoms with Gasteiger partial charge in [0.2, 0.25) is 26.6 Å². The fourth-order valence-electron chi connectivity index (χ4n) is 5.22. The number of rotatable bonds is 7. The summed E-state index contributed by atoms with van der Waals surface area (Å²) in [6.45, 7) is 2.35. The van der Waals surface area contributed by atoms with Crippen molar-refractivity contribution in [1.82, 2.24) is 29.1 Å². The average molecular weight is 671 g/mol. The van der Waals surface area contributed by atoms with E-state index in [0.29, 0.717) is 22.1 Å². The summed E-state index contributed by atoms with van der Waals surface area (Å²) in [4.78, 5) is 29.9. The van der Waals surface area contributed by atoms with Gasteiger partial charge in [-0.2, -0.15) is 29.5 Å². The molecule has 2 aliphatic rings. The van der Waals surface area contributed by atoms with E-state index in [0.717, 1.165) is 0 Å². The third kappa shape index (κ3) is 5.88. The van der Waals surface area contributed by atoms with Crippen molar-refractivity contribution in [1.29, 1.82) is 0 Å². The summed E-state index contributed by atoms with van der Waals surface area (Å²) >= 11 is 0. The van der Waals surface area contributed by atoms with Gasteiger partial charge >= 0.3 is 0 Å². The third-order valence-electron chi connectivity index (χ3n) is 7.64. The number of ether oxygens (including phenoxy) is 2. The van der Waals surface area contributed by atoms with Crippen LogP contribution >= 0.6 is 8.38 Å². The summed E-state index contributed by atoms with van der Waals surface area (Å²) in [5.41, 5.74) is 20.1. The molecule has 0 aromatic carbocycles. The minimum Gasteiger partial charge on any atom is -0.394 e. The second-order valence-electron chi connectivity index (χ2n) is 10.9. The molecule has 252 valence electrons. The number of nitrogen functional groups attached to an aromatic ring is 4. The van der Waals surface area contributed by atoms with Gasteiger partial charge in [0, 0.05) is 12.4 Å². The second-order valence-corrected chi connectivity index (χ2v) is 12.1. The van der Waals surface area contributed by atoms with E-state index in [2.05, 4.69) is 24.6 Å². The normalized spacial score (nSPS) is 31.8. The third-order valence-corrected chi connectivity index (χ3v) is 8.14.